The van der Waals surface area contributed by atoms with Gasteiger partial charge >= 0.3 is 0 Å². The lowest BCUT2D eigenvalue weighted by Crippen LogP contribution is -2.38. The molecule has 156 valence electrons. The van der Waals surface area contributed by atoms with Gasteiger partial charge in [0.15, 0.2) is 0 Å². The SMILES string of the molecule is CC[C@H](C)Oc1ccc(NC(=O)C2(c3ccc(C)cc3)CCCC2)c2ccccc12. The Morgan fingerprint density at radius 3 is 2.33 bits per heavy atom. The van der Waals surface area contributed by atoms with Crippen molar-refractivity contribution in [1.82, 2.24) is 0 Å². The molecule has 3 heteroatoms. The summed E-state index contributed by atoms with van der Waals surface area (Å²) < 4.78 is 6.12. The number of carbonyl (C=O) groups excluding carboxylic acids is 1. The van der Waals surface area contributed by atoms with Crippen LogP contribution in [0.1, 0.15) is 57.1 Å². The summed E-state index contributed by atoms with van der Waals surface area (Å²) in [5.41, 5.74) is 2.76. The lowest BCUT2D eigenvalue weighted by Gasteiger charge is -2.29. The highest BCUT2D eigenvalue weighted by molar-refractivity contribution is 6.07. The Morgan fingerprint density at radius 2 is 1.67 bits per heavy atom. The smallest absolute Gasteiger partial charge is 0.235 e. The minimum absolute atomic E-state index is 0.101. The van der Waals surface area contributed by atoms with Gasteiger partial charge in [-0.1, -0.05) is 73.9 Å². The highest BCUT2D eigenvalue weighted by atomic mass is 16.5. The molecule has 1 aliphatic carbocycles. The van der Waals surface area contributed by atoms with Crippen molar-refractivity contribution < 1.29 is 9.53 Å². The fourth-order valence-electron chi connectivity index (χ4n) is 4.52. The van der Waals surface area contributed by atoms with Crippen molar-refractivity contribution in [3.8, 4) is 5.75 Å². The van der Waals surface area contributed by atoms with Crippen LogP contribution >= 0.6 is 0 Å². The first-order chi connectivity index (χ1) is 14.5. The van der Waals surface area contributed by atoms with Gasteiger partial charge in [-0.3, -0.25) is 4.79 Å². The third-order valence-electron chi connectivity index (χ3n) is 6.53. The van der Waals surface area contributed by atoms with E-state index in [4.69, 9.17) is 4.74 Å². The number of ether oxygens (including phenoxy) is 1. The Bertz CT molecular complexity index is 1030. The van der Waals surface area contributed by atoms with E-state index in [2.05, 4.69) is 62.5 Å². The molecular weight excluding hydrogens is 370 g/mol. The van der Waals surface area contributed by atoms with Crippen molar-refractivity contribution in [3.63, 3.8) is 0 Å². The number of nitrogens with one attached hydrogen (secondary N) is 1. The molecule has 1 N–H and O–H groups in total. The van der Waals surface area contributed by atoms with Crippen LogP contribution < -0.4 is 10.1 Å². The fraction of sp³-hybridized carbons (Fsp3) is 0.370. The van der Waals surface area contributed by atoms with Crippen LogP contribution in [0.25, 0.3) is 10.8 Å². The van der Waals surface area contributed by atoms with E-state index in [0.717, 1.165) is 59.9 Å². The summed E-state index contributed by atoms with van der Waals surface area (Å²) in [5.74, 6) is 0.969. The van der Waals surface area contributed by atoms with Crippen molar-refractivity contribution in [1.29, 1.82) is 0 Å². The first-order valence-electron chi connectivity index (χ1n) is 11.1. The van der Waals surface area contributed by atoms with E-state index in [-0.39, 0.29) is 12.0 Å². The number of hydrogen-bond acceptors (Lipinski definition) is 2. The summed E-state index contributed by atoms with van der Waals surface area (Å²) in [6, 6.07) is 20.6. The van der Waals surface area contributed by atoms with Crippen LogP contribution in [0.15, 0.2) is 60.7 Å². The number of amides is 1. The molecule has 0 spiro atoms. The molecular formula is C27H31NO2. The maximum Gasteiger partial charge on any atom is 0.235 e. The number of carbonyl (C=O) groups is 1. The summed E-state index contributed by atoms with van der Waals surface area (Å²) in [6.45, 7) is 6.28. The number of anilines is 1. The highest BCUT2D eigenvalue weighted by Gasteiger charge is 2.42. The van der Waals surface area contributed by atoms with Crippen molar-refractivity contribution in [2.75, 3.05) is 5.32 Å². The lowest BCUT2D eigenvalue weighted by atomic mass is 9.77. The standard InChI is InChI=1S/C27H31NO2/c1-4-20(3)30-25-16-15-24(22-9-5-6-10-23(22)25)28-26(29)27(17-7-8-18-27)21-13-11-19(2)12-14-21/h5-6,9-16,20H,4,7-8,17-18H2,1-3H3,(H,28,29)/t20-/m0/s1. The Balaban J connectivity index is 1.69. The summed E-state index contributed by atoms with van der Waals surface area (Å²) in [6.07, 6.45) is 5.07. The summed E-state index contributed by atoms with van der Waals surface area (Å²) in [5, 5.41) is 5.33. The van der Waals surface area contributed by atoms with Gasteiger partial charge in [-0.2, -0.15) is 0 Å². The predicted molar refractivity (Wildman–Crippen MR) is 124 cm³/mol. The van der Waals surface area contributed by atoms with Crippen LogP contribution in [-0.2, 0) is 10.2 Å². The molecule has 0 unspecified atom stereocenters. The maximum absolute atomic E-state index is 13.6. The zero-order chi connectivity index (χ0) is 21.1. The van der Waals surface area contributed by atoms with Crippen LogP contribution in [0.4, 0.5) is 5.69 Å². The Morgan fingerprint density at radius 1 is 1.00 bits per heavy atom. The topological polar surface area (TPSA) is 38.3 Å². The van der Waals surface area contributed by atoms with Gasteiger partial charge in [0.1, 0.15) is 5.75 Å². The molecule has 30 heavy (non-hydrogen) atoms. The van der Waals surface area contributed by atoms with E-state index >= 15 is 0 Å². The highest BCUT2D eigenvalue weighted by Crippen LogP contribution is 2.43. The Kier molecular flexibility index (Phi) is 5.80. The Hall–Kier alpha value is -2.81. The minimum atomic E-state index is -0.444. The maximum atomic E-state index is 13.6. The second kappa shape index (κ2) is 8.51. The van der Waals surface area contributed by atoms with Gasteiger partial charge in [-0.15, -0.1) is 0 Å². The molecule has 0 aliphatic heterocycles. The van der Waals surface area contributed by atoms with Gasteiger partial charge < -0.3 is 10.1 Å². The number of hydrogen-bond donors (Lipinski definition) is 1. The minimum Gasteiger partial charge on any atom is -0.490 e. The van der Waals surface area contributed by atoms with Crippen molar-refractivity contribution in [2.24, 2.45) is 0 Å². The molecule has 0 heterocycles. The number of aryl methyl sites for hydroxylation is 1. The van der Waals surface area contributed by atoms with Crippen LogP contribution in [-0.4, -0.2) is 12.0 Å². The van der Waals surface area contributed by atoms with Crippen LogP contribution in [0.5, 0.6) is 5.75 Å². The molecule has 1 aliphatic rings. The van der Waals surface area contributed by atoms with Gasteiger partial charge in [-0.25, -0.2) is 0 Å². The average Bonchev–Trinajstić information content (AvgIpc) is 3.27. The van der Waals surface area contributed by atoms with Gasteiger partial charge in [0.25, 0.3) is 0 Å². The predicted octanol–water partition coefficient (Wildman–Crippen LogP) is 6.78. The van der Waals surface area contributed by atoms with Crippen LogP contribution in [0, 0.1) is 6.92 Å². The number of rotatable bonds is 6. The van der Waals surface area contributed by atoms with Gasteiger partial charge in [0, 0.05) is 16.5 Å². The third-order valence-corrected chi connectivity index (χ3v) is 6.53. The fourth-order valence-corrected chi connectivity index (χ4v) is 4.52. The number of benzene rings is 3. The first kappa shape index (κ1) is 20.5. The quantitative estimate of drug-likeness (QED) is 0.494. The summed E-state index contributed by atoms with van der Waals surface area (Å²) in [7, 11) is 0. The zero-order valence-electron chi connectivity index (χ0n) is 18.2. The molecule has 3 aromatic carbocycles. The van der Waals surface area contributed by atoms with Crippen molar-refractivity contribution in [2.45, 2.75) is 64.4 Å². The van der Waals surface area contributed by atoms with Gasteiger partial charge in [-0.05, 0) is 50.8 Å². The molecule has 1 fully saturated rings. The van der Waals surface area contributed by atoms with Crippen molar-refractivity contribution in [3.05, 3.63) is 71.8 Å². The lowest BCUT2D eigenvalue weighted by molar-refractivity contribution is -0.121. The average molecular weight is 402 g/mol. The second-order valence-corrected chi connectivity index (χ2v) is 8.60. The van der Waals surface area contributed by atoms with E-state index in [1.165, 1.54) is 5.56 Å². The second-order valence-electron chi connectivity index (χ2n) is 8.60. The molecule has 1 atom stereocenters. The first-order valence-corrected chi connectivity index (χ1v) is 11.1. The molecule has 0 aromatic heterocycles. The third kappa shape index (κ3) is 3.81. The van der Waals surface area contributed by atoms with Gasteiger partial charge in [0.05, 0.1) is 11.5 Å². The van der Waals surface area contributed by atoms with Crippen LogP contribution in [0.2, 0.25) is 0 Å². The summed E-state index contributed by atoms with van der Waals surface area (Å²) >= 11 is 0. The monoisotopic (exact) mass is 401 g/mol. The molecule has 3 nitrogen and oxygen atoms in total. The molecule has 0 bridgehead atoms. The largest absolute Gasteiger partial charge is 0.490 e. The molecule has 4 rings (SSSR count). The molecule has 1 amide bonds. The molecule has 1 saturated carbocycles. The molecule has 0 radical (unpaired) electrons. The number of fused-ring (bicyclic) bond motifs is 1. The van der Waals surface area contributed by atoms with E-state index < -0.39 is 5.41 Å². The van der Waals surface area contributed by atoms with Gasteiger partial charge in [0.2, 0.25) is 5.91 Å². The van der Waals surface area contributed by atoms with Crippen molar-refractivity contribution >= 4 is 22.4 Å². The molecule has 0 saturated heterocycles. The normalized spacial score (nSPS) is 16.4. The Labute approximate surface area is 179 Å². The van der Waals surface area contributed by atoms with Crippen LogP contribution in [0.3, 0.4) is 0 Å². The summed E-state index contributed by atoms with van der Waals surface area (Å²) in [4.78, 5) is 13.6. The van der Waals surface area contributed by atoms with E-state index in [0.29, 0.717) is 0 Å². The molecule has 3 aromatic rings. The van der Waals surface area contributed by atoms with E-state index in [1.54, 1.807) is 0 Å². The van der Waals surface area contributed by atoms with E-state index in [9.17, 15) is 4.79 Å². The zero-order valence-corrected chi connectivity index (χ0v) is 18.2. The van der Waals surface area contributed by atoms with E-state index in [1.807, 2.05) is 24.3 Å².